The largest absolute Gasteiger partial charge is 0.399 e. The number of nitrogens with zero attached hydrogens (tertiary/aromatic N) is 1. The van der Waals surface area contributed by atoms with Crippen molar-refractivity contribution in [3.05, 3.63) is 58.7 Å². The number of carbonyl (C=O) groups is 1. The predicted molar refractivity (Wildman–Crippen MR) is 86.8 cm³/mol. The Bertz CT molecular complexity index is 706. The van der Waals surface area contributed by atoms with E-state index in [4.69, 9.17) is 5.73 Å². The fraction of sp³-hybridized carbons (Fsp3) is 0.278. The van der Waals surface area contributed by atoms with Gasteiger partial charge in [-0.05, 0) is 56.0 Å². The first-order valence-electron chi connectivity index (χ1n) is 7.34. The Morgan fingerprint density at radius 3 is 2.76 bits per heavy atom. The lowest BCUT2D eigenvalue weighted by Gasteiger charge is -2.30. The van der Waals surface area contributed by atoms with E-state index in [-0.39, 0.29) is 5.91 Å². The maximum absolute atomic E-state index is 12.9. The van der Waals surface area contributed by atoms with Gasteiger partial charge in [0.2, 0.25) is 0 Å². The smallest absolute Gasteiger partial charge is 0.258 e. The molecule has 3 heteroatoms. The van der Waals surface area contributed by atoms with Gasteiger partial charge in [-0.25, -0.2) is 0 Å². The van der Waals surface area contributed by atoms with Gasteiger partial charge >= 0.3 is 0 Å². The molecule has 108 valence electrons. The summed E-state index contributed by atoms with van der Waals surface area (Å²) in [5.74, 6) is 0.0459. The van der Waals surface area contributed by atoms with Gasteiger partial charge in [-0.1, -0.05) is 23.8 Å². The molecule has 2 aromatic rings. The van der Waals surface area contributed by atoms with E-state index in [1.165, 1.54) is 11.1 Å². The number of hydrogen-bond acceptors (Lipinski definition) is 2. The molecule has 0 unspecified atom stereocenters. The van der Waals surface area contributed by atoms with Crippen LogP contribution >= 0.6 is 0 Å². The quantitative estimate of drug-likeness (QED) is 0.813. The molecule has 0 spiro atoms. The molecule has 2 N–H and O–H groups in total. The number of anilines is 2. The molecule has 1 amide bonds. The highest BCUT2D eigenvalue weighted by Gasteiger charge is 2.24. The standard InChI is InChI=1S/C18H20N2O/c1-12-5-8-17-14(10-12)4-3-9-20(17)18(21)16-11-15(19)7-6-13(16)2/h5-8,10-11H,3-4,9,19H2,1-2H3. The first-order valence-corrected chi connectivity index (χ1v) is 7.34. The van der Waals surface area contributed by atoms with Gasteiger partial charge in [-0.2, -0.15) is 0 Å². The van der Waals surface area contributed by atoms with Crippen molar-refractivity contribution in [2.24, 2.45) is 0 Å². The van der Waals surface area contributed by atoms with Crippen LogP contribution in [0.15, 0.2) is 36.4 Å². The van der Waals surface area contributed by atoms with E-state index in [0.717, 1.165) is 30.6 Å². The van der Waals surface area contributed by atoms with Gasteiger partial charge < -0.3 is 10.6 Å². The number of aryl methyl sites for hydroxylation is 3. The van der Waals surface area contributed by atoms with Gasteiger partial charge in [-0.3, -0.25) is 4.79 Å². The van der Waals surface area contributed by atoms with Crippen LogP contribution in [0.3, 0.4) is 0 Å². The molecule has 0 fully saturated rings. The highest BCUT2D eigenvalue weighted by atomic mass is 16.2. The average Bonchev–Trinajstić information content (AvgIpc) is 2.48. The summed E-state index contributed by atoms with van der Waals surface area (Å²) in [4.78, 5) is 14.8. The summed E-state index contributed by atoms with van der Waals surface area (Å²) in [6.07, 6.45) is 2.04. The minimum absolute atomic E-state index is 0.0459. The topological polar surface area (TPSA) is 46.3 Å². The minimum Gasteiger partial charge on any atom is -0.399 e. The molecule has 0 radical (unpaired) electrons. The lowest BCUT2D eigenvalue weighted by molar-refractivity contribution is 0.0984. The van der Waals surface area contributed by atoms with Crippen LogP contribution in [0.5, 0.6) is 0 Å². The van der Waals surface area contributed by atoms with Crippen LogP contribution < -0.4 is 10.6 Å². The molecule has 21 heavy (non-hydrogen) atoms. The molecule has 3 nitrogen and oxygen atoms in total. The molecule has 0 saturated carbocycles. The number of amides is 1. The molecule has 0 aliphatic carbocycles. The minimum atomic E-state index is 0.0459. The Labute approximate surface area is 125 Å². The van der Waals surface area contributed by atoms with E-state index in [2.05, 4.69) is 25.1 Å². The van der Waals surface area contributed by atoms with Crippen LogP contribution in [0.1, 0.15) is 33.5 Å². The highest BCUT2D eigenvalue weighted by Crippen LogP contribution is 2.30. The number of rotatable bonds is 1. The van der Waals surface area contributed by atoms with Crippen LogP contribution in [-0.4, -0.2) is 12.5 Å². The molecule has 0 bridgehead atoms. The van der Waals surface area contributed by atoms with Crippen molar-refractivity contribution in [1.82, 2.24) is 0 Å². The normalized spacial score (nSPS) is 13.9. The van der Waals surface area contributed by atoms with Gasteiger partial charge in [-0.15, -0.1) is 0 Å². The molecule has 0 saturated heterocycles. The molecule has 1 aliphatic heterocycles. The zero-order valence-electron chi connectivity index (χ0n) is 12.5. The third kappa shape index (κ3) is 2.51. The molecule has 1 aliphatic rings. The number of nitrogens with two attached hydrogens (primary N) is 1. The lowest BCUT2D eigenvalue weighted by Crippen LogP contribution is -2.35. The van der Waals surface area contributed by atoms with Crippen molar-refractivity contribution in [2.45, 2.75) is 26.7 Å². The molecule has 1 heterocycles. The molecular weight excluding hydrogens is 260 g/mol. The molecule has 0 atom stereocenters. The molecule has 3 rings (SSSR count). The summed E-state index contributed by atoms with van der Waals surface area (Å²) in [6, 6.07) is 11.8. The first kappa shape index (κ1) is 13.7. The zero-order chi connectivity index (χ0) is 15.0. The fourth-order valence-electron chi connectivity index (χ4n) is 2.95. The fourth-order valence-corrected chi connectivity index (χ4v) is 2.95. The van der Waals surface area contributed by atoms with Crippen molar-refractivity contribution in [3.63, 3.8) is 0 Å². The molecule has 2 aromatic carbocycles. The first-order chi connectivity index (χ1) is 10.1. The van der Waals surface area contributed by atoms with Gasteiger partial charge in [0, 0.05) is 23.5 Å². The molecule has 0 aromatic heterocycles. The Morgan fingerprint density at radius 1 is 1.14 bits per heavy atom. The number of nitrogen functional groups attached to an aromatic ring is 1. The Morgan fingerprint density at radius 2 is 1.95 bits per heavy atom. The van der Waals surface area contributed by atoms with E-state index in [1.807, 2.05) is 24.0 Å². The second-order valence-corrected chi connectivity index (χ2v) is 5.77. The monoisotopic (exact) mass is 280 g/mol. The second kappa shape index (κ2) is 5.24. The summed E-state index contributed by atoms with van der Waals surface area (Å²) >= 11 is 0. The second-order valence-electron chi connectivity index (χ2n) is 5.77. The Hall–Kier alpha value is -2.29. The van der Waals surface area contributed by atoms with Crippen molar-refractivity contribution in [1.29, 1.82) is 0 Å². The Kier molecular flexibility index (Phi) is 3.42. The van der Waals surface area contributed by atoms with Crippen LogP contribution in [0.2, 0.25) is 0 Å². The summed E-state index contributed by atoms with van der Waals surface area (Å²) in [5, 5.41) is 0. The predicted octanol–water partition coefficient (Wildman–Crippen LogP) is 3.48. The number of carbonyl (C=O) groups excluding carboxylic acids is 1. The SMILES string of the molecule is Cc1ccc2c(c1)CCCN2C(=O)c1cc(N)ccc1C. The van der Waals surface area contributed by atoms with E-state index in [0.29, 0.717) is 11.3 Å². The van der Waals surface area contributed by atoms with E-state index in [1.54, 1.807) is 6.07 Å². The van der Waals surface area contributed by atoms with Gasteiger partial charge in [0.05, 0.1) is 0 Å². The van der Waals surface area contributed by atoms with Crippen LogP contribution in [0, 0.1) is 13.8 Å². The Balaban J connectivity index is 2.02. The maximum Gasteiger partial charge on any atom is 0.258 e. The van der Waals surface area contributed by atoms with Crippen molar-refractivity contribution in [2.75, 3.05) is 17.2 Å². The number of benzene rings is 2. The highest BCUT2D eigenvalue weighted by molar-refractivity contribution is 6.08. The van der Waals surface area contributed by atoms with Crippen molar-refractivity contribution >= 4 is 17.3 Å². The lowest BCUT2D eigenvalue weighted by atomic mass is 9.98. The van der Waals surface area contributed by atoms with E-state index < -0.39 is 0 Å². The summed E-state index contributed by atoms with van der Waals surface area (Å²) in [6.45, 7) is 4.80. The van der Waals surface area contributed by atoms with Crippen molar-refractivity contribution in [3.8, 4) is 0 Å². The van der Waals surface area contributed by atoms with Gasteiger partial charge in [0.1, 0.15) is 0 Å². The van der Waals surface area contributed by atoms with E-state index in [9.17, 15) is 4.79 Å². The van der Waals surface area contributed by atoms with E-state index >= 15 is 0 Å². The summed E-state index contributed by atoms with van der Waals surface area (Å²) in [5.41, 5.74) is 11.7. The molecular formula is C18H20N2O. The maximum atomic E-state index is 12.9. The van der Waals surface area contributed by atoms with Gasteiger partial charge in [0.25, 0.3) is 5.91 Å². The van der Waals surface area contributed by atoms with Gasteiger partial charge in [0.15, 0.2) is 0 Å². The summed E-state index contributed by atoms with van der Waals surface area (Å²) < 4.78 is 0. The number of hydrogen-bond donors (Lipinski definition) is 1. The summed E-state index contributed by atoms with van der Waals surface area (Å²) in [7, 11) is 0. The third-order valence-corrected chi connectivity index (χ3v) is 4.09. The number of fused-ring (bicyclic) bond motifs is 1. The average molecular weight is 280 g/mol. The van der Waals surface area contributed by atoms with Crippen LogP contribution in [-0.2, 0) is 6.42 Å². The zero-order valence-corrected chi connectivity index (χ0v) is 12.5. The van der Waals surface area contributed by atoms with Crippen LogP contribution in [0.4, 0.5) is 11.4 Å². The van der Waals surface area contributed by atoms with Crippen molar-refractivity contribution < 1.29 is 4.79 Å². The third-order valence-electron chi connectivity index (χ3n) is 4.09. The van der Waals surface area contributed by atoms with Crippen LogP contribution in [0.25, 0.3) is 0 Å².